The van der Waals surface area contributed by atoms with E-state index in [2.05, 4.69) is 54.7 Å². The first-order valence-corrected chi connectivity index (χ1v) is 11.9. The van der Waals surface area contributed by atoms with E-state index >= 15 is 0 Å². The number of hydrogen-bond acceptors (Lipinski definition) is 5. The van der Waals surface area contributed by atoms with Crippen LogP contribution in [0, 0.1) is 11.3 Å². The smallest absolute Gasteiger partial charge is 0.315 e. The molecule has 0 spiro atoms. The minimum absolute atomic E-state index is 0.0525. The molecule has 4 N–H and O–H groups in total. The summed E-state index contributed by atoms with van der Waals surface area (Å²) in [7, 11) is 1.64. The topological polar surface area (TPSA) is 115 Å². The highest BCUT2D eigenvalue weighted by atomic mass is 16.5. The van der Waals surface area contributed by atoms with Crippen molar-refractivity contribution in [1.29, 1.82) is 5.26 Å². The van der Waals surface area contributed by atoms with Crippen molar-refractivity contribution in [2.24, 2.45) is 0 Å². The van der Waals surface area contributed by atoms with E-state index in [4.69, 9.17) is 9.72 Å². The highest BCUT2D eigenvalue weighted by Gasteiger charge is 2.38. The maximum absolute atomic E-state index is 13.2. The van der Waals surface area contributed by atoms with Gasteiger partial charge in [0.25, 0.3) is 0 Å². The van der Waals surface area contributed by atoms with Crippen LogP contribution in [0.5, 0.6) is 5.75 Å². The Balaban J connectivity index is 1.56. The summed E-state index contributed by atoms with van der Waals surface area (Å²) < 4.78 is 5.27. The maximum atomic E-state index is 13.2. The van der Waals surface area contributed by atoms with Gasteiger partial charge in [0.2, 0.25) is 0 Å². The Kier molecular flexibility index (Phi) is 6.73. The molecule has 2 aromatic carbocycles. The third-order valence-electron chi connectivity index (χ3n) is 6.39. The van der Waals surface area contributed by atoms with Crippen molar-refractivity contribution >= 4 is 17.1 Å². The van der Waals surface area contributed by atoms with Gasteiger partial charge in [-0.05, 0) is 82.9 Å². The average molecular weight is 475 g/mol. The van der Waals surface area contributed by atoms with E-state index in [0.29, 0.717) is 17.8 Å². The van der Waals surface area contributed by atoms with Crippen molar-refractivity contribution < 1.29 is 9.53 Å². The van der Waals surface area contributed by atoms with E-state index in [9.17, 15) is 10.1 Å². The number of ether oxygens (including phenoxy) is 1. The van der Waals surface area contributed by atoms with E-state index in [1.165, 1.54) is 0 Å². The van der Waals surface area contributed by atoms with Gasteiger partial charge in [-0.2, -0.15) is 5.26 Å². The van der Waals surface area contributed by atoms with Gasteiger partial charge < -0.3 is 25.7 Å². The van der Waals surface area contributed by atoms with Crippen LogP contribution in [-0.2, 0) is 6.42 Å². The van der Waals surface area contributed by atoms with Gasteiger partial charge in [0.05, 0.1) is 35.8 Å². The lowest BCUT2D eigenvalue weighted by molar-refractivity contribution is 0.147. The largest absolute Gasteiger partial charge is 0.497 e. The van der Waals surface area contributed by atoms with Gasteiger partial charge >= 0.3 is 6.03 Å². The molecule has 1 aliphatic heterocycles. The third-order valence-corrected chi connectivity index (χ3v) is 6.39. The summed E-state index contributed by atoms with van der Waals surface area (Å²) in [4.78, 5) is 21.2. The molecule has 1 aromatic heterocycles. The highest BCUT2D eigenvalue weighted by molar-refractivity contribution is 5.78. The van der Waals surface area contributed by atoms with Crippen LogP contribution in [0.1, 0.15) is 63.5 Å². The third kappa shape index (κ3) is 6.11. The number of piperidine rings is 1. The van der Waals surface area contributed by atoms with E-state index < -0.39 is 0 Å². The van der Waals surface area contributed by atoms with E-state index in [0.717, 1.165) is 35.2 Å². The number of carbonyl (C=O) groups is 1. The molecule has 0 bridgehead atoms. The number of hydrogen-bond donors (Lipinski definition) is 4. The maximum Gasteiger partial charge on any atom is 0.315 e. The van der Waals surface area contributed by atoms with Crippen LogP contribution in [0.3, 0.4) is 0 Å². The fraction of sp³-hybridized carbons (Fsp3) is 0.444. The first-order valence-electron chi connectivity index (χ1n) is 11.9. The zero-order valence-electron chi connectivity index (χ0n) is 21.0. The van der Waals surface area contributed by atoms with Crippen LogP contribution in [0.25, 0.3) is 11.0 Å². The molecule has 8 heteroatoms. The Morgan fingerprint density at radius 3 is 2.49 bits per heavy atom. The van der Waals surface area contributed by atoms with E-state index in [1.54, 1.807) is 19.2 Å². The minimum Gasteiger partial charge on any atom is -0.497 e. The molecular formula is C27H34N6O2. The molecule has 35 heavy (non-hydrogen) atoms. The number of amides is 2. The predicted octanol–water partition coefficient (Wildman–Crippen LogP) is 4.34. The molecule has 3 aromatic rings. The molecule has 2 heterocycles. The summed E-state index contributed by atoms with van der Waals surface area (Å²) in [6.45, 7) is 8.65. The number of aromatic amines is 1. The molecule has 2 amide bonds. The van der Waals surface area contributed by atoms with Crippen molar-refractivity contribution in [3.8, 4) is 11.8 Å². The van der Waals surface area contributed by atoms with Crippen LogP contribution < -0.4 is 20.7 Å². The molecule has 1 saturated heterocycles. The van der Waals surface area contributed by atoms with Crippen LogP contribution in [0.15, 0.2) is 42.5 Å². The Morgan fingerprint density at radius 1 is 1.17 bits per heavy atom. The molecule has 0 radical (unpaired) electrons. The second-order valence-electron chi connectivity index (χ2n) is 10.7. The number of nitrogens with zero attached hydrogens (tertiary/aromatic N) is 2. The minimum atomic E-state index is -0.385. The number of fused-ring (bicyclic) bond motifs is 1. The van der Waals surface area contributed by atoms with Crippen molar-refractivity contribution in [2.75, 3.05) is 7.11 Å². The van der Waals surface area contributed by atoms with Crippen LogP contribution in [0.4, 0.5) is 4.79 Å². The van der Waals surface area contributed by atoms with Gasteiger partial charge in [-0.3, -0.25) is 0 Å². The molecule has 1 atom stereocenters. The summed E-state index contributed by atoms with van der Waals surface area (Å²) in [5.74, 6) is 1.42. The molecule has 0 saturated carbocycles. The Morgan fingerprint density at radius 2 is 1.86 bits per heavy atom. The average Bonchev–Trinajstić information content (AvgIpc) is 3.20. The van der Waals surface area contributed by atoms with Gasteiger partial charge in [-0.1, -0.05) is 12.1 Å². The number of aromatic nitrogens is 2. The van der Waals surface area contributed by atoms with Gasteiger partial charge in [-0.15, -0.1) is 0 Å². The zero-order chi connectivity index (χ0) is 25.2. The monoisotopic (exact) mass is 474 g/mol. The number of carbonyl (C=O) groups excluding carboxylic acids is 1. The second kappa shape index (κ2) is 9.59. The number of imidazole rings is 1. The first kappa shape index (κ1) is 24.6. The number of urea groups is 1. The molecule has 0 aliphatic carbocycles. The molecule has 1 fully saturated rings. The van der Waals surface area contributed by atoms with E-state index in [1.807, 2.05) is 30.3 Å². The lowest BCUT2D eigenvalue weighted by Crippen LogP contribution is -2.62. The quantitative estimate of drug-likeness (QED) is 0.424. The van der Waals surface area contributed by atoms with Crippen molar-refractivity contribution in [2.45, 2.75) is 70.1 Å². The number of benzene rings is 2. The zero-order valence-corrected chi connectivity index (χ0v) is 21.0. The number of H-pyrrole nitrogens is 1. The van der Waals surface area contributed by atoms with Crippen LogP contribution in [0.2, 0.25) is 0 Å². The van der Waals surface area contributed by atoms with Crippen LogP contribution >= 0.6 is 0 Å². The summed E-state index contributed by atoms with van der Waals surface area (Å²) in [5.41, 5.74) is 2.98. The SMILES string of the molecule is COc1ccc(C[C@@H](NC(=O)NC2CC(C)(C)NC(C)(C)C2)c2nc3ccc(C#N)cc3[nH]2)cc1. The lowest BCUT2D eigenvalue weighted by atomic mass is 9.80. The summed E-state index contributed by atoms with van der Waals surface area (Å²) in [6, 6.07) is 14.7. The number of methoxy groups -OCH3 is 1. The Bertz CT molecular complexity index is 1220. The van der Waals surface area contributed by atoms with Gasteiger partial charge in [0.15, 0.2) is 0 Å². The Hall–Kier alpha value is -3.57. The molecule has 184 valence electrons. The highest BCUT2D eigenvalue weighted by Crippen LogP contribution is 2.29. The summed E-state index contributed by atoms with van der Waals surface area (Å²) in [5, 5.41) is 19.2. The molecule has 1 aliphatic rings. The van der Waals surface area contributed by atoms with E-state index in [-0.39, 0.29) is 29.2 Å². The second-order valence-corrected chi connectivity index (χ2v) is 10.7. The fourth-order valence-electron chi connectivity index (χ4n) is 5.29. The first-order chi connectivity index (χ1) is 16.6. The molecule has 0 unspecified atom stereocenters. The fourth-order valence-corrected chi connectivity index (χ4v) is 5.29. The number of rotatable bonds is 6. The van der Waals surface area contributed by atoms with Crippen LogP contribution in [-0.4, -0.2) is 40.2 Å². The molecule has 4 rings (SSSR count). The number of nitriles is 1. The summed E-state index contributed by atoms with van der Waals surface area (Å²) >= 11 is 0. The standard InChI is InChI=1S/C27H34N6O2/c1-26(2)14-19(15-27(3,4)33-26)29-25(34)32-23(12-17-6-9-20(35-5)10-7-17)24-30-21-11-8-18(16-28)13-22(21)31-24/h6-11,13,19,23,33H,12,14-15H2,1-5H3,(H,30,31)(H2,29,32,34)/t23-/m1/s1. The van der Waals surface area contributed by atoms with Crippen molar-refractivity contribution in [1.82, 2.24) is 25.9 Å². The van der Waals surface area contributed by atoms with Gasteiger partial charge in [0.1, 0.15) is 11.6 Å². The van der Waals surface area contributed by atoms with Gasteiger partial charge in [0, 0.05) is 17.1 Å². The van der Waals surface area contributed by atoms with Crippen molar-refractivity contribution in [3.05, 3.63) is 59.4 Å². The van der Waals surface area contributed by atoms with Crippen molar-refractivity contribution in [3.63, 3.8) is 0 Å². The normalized spacial score (nSPS) is 17.9. The Labute approximate surface area is 206 Å². The summed E-state index contributed by atoms with van der Waals surface area (Å²) in [6.07, 6.45) is 2.23. The molecular weight excluding hydrogens is 440 g/mol. The predicted molar refractivity (Wildman–Crippen MR) is 136 cm³/mol. The number of nitrogens with one attached hydrogen (secondary N) is 4. The van der Waals surface area contributed by atoms with Gasteiger partial charge in [-0.25, -0.2) is 9.78 Å². The lowest BCUT2D eigenvalue weighted by Gasteiger charge is -2.46. The molecule has 8 nitrogen and oxygen atoms in total.